The quantitative estimate of drug-likeness (QED) is 0.708. The van der Waals surface area contributed by atoms with Crippen LogP contribution in [0, 0.1) is 11.8 Å². The predicted octanol–water partition coefficient (Wildman–Crippen LogP) is 4.51. The van der Waals surface area contributed by atoms with Crippen molar-refractivity contribution in [2.24, 2.45) is 11.8 Å². The lowest BCUT2D eigenvalue weighted by Crippen LogP contribution is -2.43. The van der Waals surface area contributed by atoms with Gasteiger partial charge in [-0.25, -0.2) is 0 Å². The highest BCUT2D eigenvalue weighted by molar-refractivity contribution is 6.39. The zero-order valence-corrected chi connectivity index (χ0v) is 16.5. The number of para-hydroxylation sites is 1. The van der Waals surface area contributed by atoms with Crippen LogP contribution < -0.4 is 10.6 Å². The Bertz CT molecular complexity index is 730. The molecule has 0 atom stereocenters. The fourth-order valence-electron chi connectivity index (χ4n) is 2.78. The average Bonchev–Trinajstić information content (AvgIpc) is 2.62. The summed E-state index contributed by atoms with van der Waals surface area (Å²) in [7, 11) is 0. The van der Waals surface area contributed by atoms with Crippen molar-refractivity contribution < 1.29 is 9.59 Å². The van der Waals surface area contributed by atoms with Gasteiger partial charge in [0.2, 0.25) is 0 Å². The molecule has 2 rings (SSSR count). The van der Waals surface area contributed by atoms with E-state index in [-0.39, 0.29) is 0 Å². The minimum atomic E-state index is -0.597. The normalized spacial score (nSPS) is 10.7. The van der Waals surface area contributed by atoms with Crippen LogP contribution in [0.25, 0.3) is 0 Å². The molecule has 0 saturated carbocycles. The minimum absolute atomic E-state index is 0.309. The maximum absolute atomic E-state index is 12.5. The number of nitrogens with zero attached hydrogens (tertiary/aromatic N) is 1. The van der Waals surface area contributed by atoms with E-state index in [1.165, 1.54) is 0 Å². The van der Waals surface area contributed by atoms with Crippen LogP contribution in [0.5, 0.6) is 0 Å². The first-order chi connectivity index (χ1) is 12.8. The third-order valence-corrected chi connectivity index (χ3v) is 3.86. The van der Waals surface area contributed by atoms with Crippen LogP contribution in [-0.2, 0) is 9.59 Å². The van der Waals surface area contributed by atoms with Gasteiger partial charge in [-0.05, 0) is 48.2 Å². The van der Waals surface area contributed by atoms with Gasteiger partial charge < -0.3 is 15.5 Å². The molecule has 0 saturated heterocycles. The molecule has 5 nitrogen and oxygen atoms in total. The number of carbonyl (C=O) groups is 2. The molecule has 0 aliphatic rings. The standard InChI is InChI=1S/C22H29N3O2/c1-16(2)14-25(15-17(3)4)22(27)21(26)24-20-12-10-19(11-13-20)23-18-8-6-5-7-9-18/h5-13,16-17,23H,14-15H2,1-4H3,(H,24,26). The first kappa shape index (κ1) is 20.5. The van der Waals surface area contributed by atoms with Gasteiger partial charge in [0.1, 0.15) is 0 Å². The van der Waals surface area contributed by atoms with Crippen LogP contribution in [0.3, 0.4) is 0 Å². The summed E-state index contributed by atoms with van der Waals surface area (Å²) in [6.07, 6.45) is 0. The fourth-order valence-corrected chi connectivity index (χ4v) is 2.78. The van der Waals surface area contributed by atoms with Gasteiger partial charge in [-0.2, -0.15) is 0 Å². The molecule has 0 unspecified atom stereocenters. The number of benzene rings is 2. The molecule has 5 heteroatoms. The molecule has 2 amide bonds. The Morgan fingerprint density at radius 2 is 1.26 bits per heavy atom. The predicted molar refractivity (Wildman–Crippen MR) is 111 cm³/mol. The lowest BCUT2D eigenvalue weighted by molar-refractivity contribution is -0.143. The number of anilines is 3. The molecular weight excluding hydrogens is 338 g/mol. The topological polar surface area (TPSA) is 61.4 Å². The van der Waals surface area contributed by atoms with Crippen molar-refractivity contribution in [1.29, 1.82) is 0 Å². The first-order valence-electron chi connectivity index (χ1n) is 9.37. The Morgan fingerprint density at radius 3 is 1.78 bits per heavy atom. The summed E-state index contributed by atoms with van der Waals surface area (Å²) in [6.45, 7) is 9.30. The van der Waals surface area contributed by atoms with Crippen LogP contribution in [0.2, 0.25) is 0 Å². The second-order valence-electron chi connectivity index (χ2n) is 7.52. The molecule has 0 aromatic heterocycles. The lowest BCUT2D eigenvalue weighted by Gasteiger charge is -2.25. The molecule has 2 aromatic carbocycles. The molecule has 0 aliphatic carbocycles. The minimum Gasteiger partial charge on any atom is -0.356 e. The number of amides is 2. The van der Waals surface area contributed by atoms with E-state index in [2.05, 4.69) is 10.6 Å². The van der Waals surface area contributed by atoms with E-state index < -0.39 is 11.8 Å². The second-order valence-corrected chi connectivity index (χ2v) is 7.52. The van der Waals surface area contributed by atoms with Crippen molar-refractivity contribution in [3.05, 3.63) is 54.6 Å². The van der Waals surface area contributed by atoms with Crippen molar-refractivity contribution in [3.63, 3.8) is 0 Å². The van der Waals surface area contributed by atoms with Gasteiger partial charge in [-0.1, -0.05) is 45.9 Å². The molecule has 0 spiro atoms. The van der Waals surface area contributed by atoms with E-state index in [0.29, 0.717) is 30.6 Å². The van der Waals surface area contributed by atoms with E-state index in [1.807, 2.05) is 70.2 Å². The molecule has 0 radical (unpaired) electrons. The summed E-state index contributed by atoms with van der Waals surface area (Å²) >= 11 is 0. The van der Waals surface area contributed by atoms with Gasteiger partial charge >= 0.3 is 11.8 Å². The molecule has 27 heavy (non-hydrogen) atoms. The largest absolute Gasteiger partial charge is 0.356 e. The lowest BCUT2D eigenvalue weighted by atomic mass is 10.1. The maximum atomic E-state index is 12.5. The second kappa shape index (κ2) is 9.76. The number of nitrogens with one attached hydrogen (secondary N) is 2. The zero-order valence-electron chi connectivity index (χ0n) is 16.5. The Kier molecular flexibility index (Phi) is 7.41. The van der Waals surface area contributed by atoms with Gasteiger partial charge in [0, 0.05) is 30.2 Å². The monoisotopic (exact) mass is 367 g/mol. The Labute approximate surface area is 161 Å². The van der Waals surface area contributed by atoms with Crippen LogP contribution >= 0.6 is 0 Å². The number of hydrogen-bond acceptors (Lipinski definition) is 3. The molecule has 0 bridgehead atoms. The van der Waals surface area contributed by atoms with Crippen molar-refractivity contribution in [3.8, 4) is 0 Å². The third-order valence-electron chi connectivity index (χ3n) is 3.86. The molecule has 2 aromatic rings. The van der Waals surface area contributed by atoms with E-state index in [4.69, 9.17) is 0 Å². The van der Waals surface area contributed by atoms with Gasteiger partial charge in [0.15, 0.2) is 0 Å². The molecule has 0 aliphatic heterocycles. The van der Waals surface area contributed by atoms with E-state index in [0.717, 1.165) is 11.4 Å². The Hall–Kier alpha value is -2.82. The highest BCUT2D eigenvalue weighted by atomic mass is 16.2. The van der Waals surface area contributed by atoms with Crippen molar-refractivity contribution in [2.75, 3.05) is 23.7 Å². The van der Waals surface area contributed by atoms with Crippen molar-refractivity contribution in [1.82, 2.24) is 4.90 Å². The van der Waals surface area contributed by atoms with E-state index in [9.17, 15) is 9.59 Å². The summed E-state index contributed by atoms with van der Waals surface area (Å²) in [4.78, 5) is 26.5. The molecule has 2 N–H and O–H groups in total. The highest BCUT2D eigenvalue weighted by Crippen LogP contribution is 2.18. The van der Waals surface area contributed by atoms with Crippen LogP contribution in [0.4, 0.5) is 17.1 Å². The molecule has 144 valence electrons. The van der Waals surface area contributed by atoms with Crippen LogP contribution in [-0.4, -0.2) is 29.8 Å². The SMILES string of the molecule is CC(C)CN(CC(C)C)C(=O)C(=O)Nc1ccc(Nc2ccccc2)cc1. The van der Waals surface area contributed by atoms with E-state index in [1.54, 1.807) is 17.0 Å². The van der Waals surface area contributed by atoms with Gasteiger partial charge in [0.25, 0.3) is 0 Å². The van der Waals surface area contributed by atoms with Crippen molar-refractivity contribution in [2.45, 2.75) is 27.7 Å². The summed E-state index contributed by atoms with van der Waals surface area (Å²) in [6, 6.07) is 17.1. The summed E-state index contributed by atoms with van der Waals surface area (Å²) in [5.41, 5.74) is 2.50. The van der Waals surface area contributed by atoms with Gasteiger partial charge in [-0.15, -0.1) is 0 Å². The van der Waals surface area contributed by atoms with Crippen LogP contribution in [0.15, 0.2) is 54.6 Å². The Balaban J connectivity index is 1.98. The third kappa shape index (κ3) is 6.77. The van der Waals surface area contributed by atoms with Crippen LogP contribution in [0.1, 0.15) is 27.7 Å². The Morgan fingerprint density at radius 1 is 0.778 bits per heavy atom. The smallest absolute Gasteiger partial charge is 0.313 e. The van der Waals surface area contributed by atoms with Gasteiger partial charge in [0.05, 0.1) is 0 Å². The number of rotatable bonds is 7. The highest BCUT2D eigenvalue weighted by Gasteiger charge is 2.23. The zero-order chi connectivity index (χ0) is 19.8. The molecule has 0 heterocycles. The number of hydrogen-bond donors (Lipinski definition) is 2. The summed E-state index contributed by atoms with van der Waals surface area (Å²) < 4.78 is 0. The fraction of sp³-hybridized carbons (Fsp3) is 0.364. The average molecular weight is 367 g/mol. The first-order valence-corrected chi connectivity index (χ1v) is 9.37. The van der Waals surface area contributed by atoms with Gasteiger partial charge in [-0.3, -0.25) is 9.59 Å². The maximum Gasteiger partial charge on any atom is 0.313 e. The number of carbonyl (C=O) groups excluding carboxylic acids is 2. The van der Waals surface area contributed by atoms with Crippen molar-refractivity contribution >= 4 is 28.9 Å². The molecular formula is C22H29N3O2. The van der Waals surface area contributed by atoms with E-state index >= 15 is 0 Å². The summed E-state index contributed by atoms with van der Waals surface area (Å²) in [5, 5.41) is 5.98. The molecule has 0 fully saturated rings. The summed E-state index contributed by atoms with van der Waals surface area (Å²) in [5.74, 6) is -0.461.